The van der Waals surface area contributed by atoms with Gasteiger partial charge in [0.25, 0.3) is 11.8 Å². The summed E-state index contributed by atoms with van der Waals surface area (Å²) in [5.74, 6) is -3.41. The summed E-state index contributed by atoms with van der Waals surface area (Å²) < 4.78 is 42.2. The van der Waals surface area contributed by atoms with Crippen LogP contribution in [0.4, 0.5) is 18.3 Å². The number of nitrogens with zero attached hydrogens (tertiary/aromatic N) is 5. The number of alkyl halides is 3. The van der Waals surface area contributed by atoms with Crippen LogP contribution in [0.2, 0.25) is 0 Å². The fraction of sp³-hybridized carbons (Fsp3) is 0.312. The van der Waals surface area contributed by atoms with Gasteiger partial charge in [0.15, 0.2) is 10.1 Å². The molecule has 4 rings (SSSR count). The summed E-state index contributed by atoms with van der Waals surface area (Å²) in [6.07, 6.45) is -4.28. The molecule has 2 amide bonds. The number of thiazole rings is 1. The van der Waals surface area contributed by atoms with Crippen LogP contribution in [0.3, 0.4) is 0 Å². The quantitative estimate of drug-likeness (QED) is 0.182. The van der Waals surface area contributed by atoms with Gasteiger partial charge < -0.3 is 21.4 Å². The van der Waals surface area contributed by atoms with Crippen molar-refractivity contribution >= 4 is 63.3 Å². The number of amides is 2. The van der Waals surface area contributed by atoms with Gasteiger partial charge in [-0.1, -0.05) is 16.9 Å². The van der Waals surface area contributed by atoms with Crippen LogP contribution in [0.15, 0.2) is 26.2 Å². The van der Waals surface area contributed by atoms with Crippen molar-refractivity contribution in [1.82, 2.24) is 24.6 Å². The normalized spacial score (nSPS) is 20.7. The maximum atomic E-state index is 12.8. The van der Waals surface area contributed by atoms with Crippen molar-refractivity contribution in [1.29, 1.82) is 0 Å². The van der Waals surface area contributed by atoms with Crippen molar-refractivity contribution in [2.45, 2.75) is 36.1 Å². The Hall–Kier alpha value is -3.25. The summed E-state index contributed by atoms with van der Waals surface area (Å²) in [5.41, 5.74) is 4.48. The third-order valence-corrected chi connectivity index (χ3v) is 7.44. The van der Waals surface area contributed by atoms with Crippen LogP contribution in [0.1, 0.15) is 23.7 Å². The molecule has 1 fully saturated rings. The van der Waals surface area contributed by atoms with Gasteiger partial charge in [0.1, 0.15) is 16.8 Å². The smallest absolute Gasteiger partial charge is 0.443 e. The van der Waals surface area contributed by atoms with Crippen LogP contribution in [0.25, 0.3) is 0 Å². The molecule has 0 aliphatic carbocycles. The molecule has 0 saturated carbocycles. The number of aromatic nitrogens is 3. The zero-order chi connectivity index (χ0) is 24.8. The van der Waals surface area contributed by atoms with E-state index in [1.165, 1.54) is 0 Å². The van der Waals surface area contributed by atoms with Gasteiger partial charge in [0.2, 0.25) is 11.5 Å². The Labute approximate surface area is 199 Å². The van der Waals surface area contributed by atoms with Crippen LogP contribution in [-0.4, -0.2) is 65.1 Å². The predicted molar refractivity (Wildman–Crippen MR) is 112 cm³/mol. The van der Waals surface area contributed by atoms with E-state index in [0.29, 0.717) is 11.3 Å². The van der Waals surface area contributed by atoms with E-state index < -0.39 is 46.8 Å². The summed E-state index contributed by atoms with van der Waals surface area (Å²) >= 11 is 1.88. The van der Waals surface area contributed by atoms with E-state index in [1.54, 1.807) is 0 Å². The monoisotopic (exact) mass is 535 g/mol. The first-order chi connectivity index (χ1) is 16.0. The molecular formula is C16H12F3N7O5S3. The molecule has 2 aliphatic heterocycles. The number of hydrogen-bond acceptors (Lipinski definition) is 12. The molecule has 0 unspecified atom stereocenters. The largest absolute Gasteiger partial charge is 0.477 e. The van der Waals surface area contributed by atoms with Crippen LogP contribution >= 0.6 is 34.6 Å². The van der Waals surface area contributed by atoms with Gasteiger partial charge in [-0.15, -0.1) is 11.3 Å². The first-order valence-electron chi connectivity index (χ1n) is 9.13. The molecule has 34 heavy (non-hydrogen) atoms. The third-order valence-electron chi connectivity index (χ3n) is 4.80. The van der Waals surface area contributed by atoms with Crippen LogP contribution in [0, 0.1) is 0 Å². The van der Waals surface area contributed by atoms with Gasteiger partial charge in [0.05, 0.1) is 6.04 Å². The van der Waals surface area contributed by atoms with E-state index in [9.17, 15) is 32.7 Å². The van der Waals surface area contributed by atoms with Crippen LogP contribution < -0.4 is 11.1 Å². The zero-order valence-corrected chi connectivity index (χ0v) is 18.9. The first kappa shape index (κ1) is 23.9. The third kappa shape index (κ3) is 4.30. The van der Waals surface area contributed by atoms with Crippen LogP contribution in [-0.2, 0) is 20.6 Å². The summed E-state index contributed by atoms with van der Waals surface area (Å²) in [5, 5.41) is 24.1. The van der Waals surface area contributed by atoms with E-state index in [1.807, 2.05) is 0 Å². The molecule has 180 valence electrons. The zero-order valence-electron chi connectivity index (χ0n) is 16.4. The number of nitrogen functional groups attached to an aromatic ring is 1. The van der Waals surface area contributed by atoms with Crippen molar-refractivity contribution in [3.63, 3.8) is 0 Å². The highest BCUT2D eigenvalue weighted by Gasteiger charge is 2.54. The van der Waals surface area contributed by atoms with E-state index in [-0.39, 0.29) is 39.4 Å². The standard InChI is InChI=1S/C16H12F3N7O5S3/c17-16(18,19)14-21-6(3-32-14)33-5-2-1-4-7(12(28)26(4)9(5)13(29)30)22-11(27)8(24-31)10-23-15(20)34-25-10/h3-4,7,31H,1-2H2,(H,22,27)(H,29,30)(H2,20,23,25)/b24-8-/t4-,7+/m1/s1. The molecule has 0 spiro atoms. The van der Waals surface area contributed by atoms with Crippen molar-refractivity contribution in [2.24, 2.45) is 5.16 Å². The number of aliphatic carboxylic acids is 1. The number of carboxylic acids is 1. The molecule has 2 atom stereocenters. The topological polar surface area (TPSA) is 184 Å². The average molecular weight is 536 g/mol. The first-order valence-corrected chi connectivity index (χ1v) is 11.6. The second-order valence-electron chi connectivity index (χ2n) is 6.84. The molecule has 0 aromatic carbocycles. The van der Waals surface area contributed by atoms with Crippen molar-refractivity contribution in [3.8, 4) is 0 Å². The molecule has 2 aromatic rings. The number of anilines is 1. The Bertz CT molecular complexity index is 1240. The predicted octanol–water partition coefficient (Wildman–Crippen LogP) is 1.35. The van der Waals surface area contributed by atoms with Crippen molar-refractivity contribution < 1.29 is 37.9 Å². The number of rotatable bonds is 6. The lowest BCUT2D eigenvalue weighted by Gasteiger charge is -2.49. The SMILES string of the molecule is Nc1nc(/C(=N/O)C(=O)N[C@@H]2C(=O)N3C(C(=O)O)=C(Sc4csc(C(F)(F)F)n4)CC[C@H]23)ns1. The van der Waals surface area contributed by atoms with Crippen molar-refractivity contribution in [3.05, 3.63) is 26.8 Å². The number of thioether (sulfide) groups is 1. The minimum absolute atomic E-state index is 0.0193. The number of β-lactam (4-membered cyclic amide) rings is 1. The van der Waals surface area contributed by atoms with Gasteiger partial charge in [-0.05, 0) is 12.8 Å². The molecule has 2 aromatic heterocycles. The van der Waals surface area contributed by atoms with Gasteiger partial charge >= 0.3 is 12.1 Å². The summed E-state index contributed by atoms with van der Waals surface area (Å²) in [7, 11) is 0. The van der Waals surface area contributed by atoms with Gasteiger partial charge in [-0.25, -0.2) is 9.78 Å². The molecule has 0 radical (unpaired) electrons. The highest BCUT2D eigenvalue weighted by atomic mass is 32.2. The molecule has 2 aliphatic rings. The Morgan fingerprint density at radius 3 is 2.65 bits per heavy atom. The molecule has 12 nitrogen and oxygen atoms in total. The Morgan fingerprint density at radius 1 is 1.35 bits per heavy atom. The number of nitrogens with two attached hydrogens (primary N) is 1. The number of oxime groups is 1. The fourth-order valence-electron chi connectivity index (χ4n) is 3.42. The molecular weight excluding hydrogens is 523 g/mol. The minimum Gasteiger partial charge on any atom is -0.477 e. The number of hydrogen-bond donors (Lipinski definition) is 4. The lowest BCUT2D eigenvalue weighted by molar-refractivity contribution is -0.155. The molecule has 0 bridgehead atoms. The van der Waals surface area contributed by atoms with Crippen LogP contribution in [0.5, 0.6) is 0 Å². The highest BCUT2D eigenvalue weighted by molar-refractivity contribution is 8.03. The van der Waals surface area contributed by atoms with Gasteiger partial charge in [-0.2, -0.15) is 22.5 Å². The minimum atomic E-state index is -4.62. The lowest BCUT2D eigenvalue weighted by atomic mass is 9.86. The summed E-state index contributed by atoms with van der Waals surface area (Å²) in [6.45, 7) is 0. The number of carbonyl (C=O) groups is 3. The Balaban J connectivity index is 1.52. The van der Waals surface area contributed by atoms with Gasteiger partial charge in [0, 0.05) is 21.8 Å². The van der Waals surface area contributed by atoms with Gasteiger partial charge in [-0.3, -0.25) is 14.5 Å². The summed E-state index contributed by atoms with van der Waals surface area (Å²) in [6, 6.07) is -1.83. The second-order valence-corrected chi connectivity index (χ2v) is 9.59. The molecule has 1 saturated heterocycles. The number of nitrogens with one attached hydrogen (secondary N) is 1. The number of carbonyl (C=O) groups excluding carboxylic acids is 2. The number of carboxylic acid groups (broad SMARTS) is 1. The Morgan fingerprint density at radius 2 is 2.09 bits per heavy atom. The van der Waals surface area contributed by atoms with Crippen molar-refractivity contribution in [2.75, 3.05) is 5.73 Å². The fourth-order valence-corrected chi connectivity index (χ4v) is 5.69. The number of halogens is 3. The van der Waals surface area contributed by atoms with E-state index >= 15 is 0 Å². The number of fused-ring (bicyclic) bond motifs is 1. The maximum Gasteiger partial charge on any atom is 0.443 e. The highest BCUT2D eigenvalue weighted by Crippen LogP contribution is 2.44. The molecule has 4 heterocycles. The average Bonchev–Trinajstić information content (AvgIpc) is 3.41. The lowest BCUT2D eigenvalue weighted by Crippen LogP contribution is -2.72. The Kier molecular flexibility index (Phi) is 6.21. The molecule has 18 heteroatoms. The second kappa shape index (κ2) is 8.84. The van der Waals surface area contributed by atoms with E-state index in [4.69, 9.17) is 10.9 Å². The number of allylic oxidation sites excluding steroid dienone is 1. The van der Waals surface area contributed by atoms with E-state index in [2.05, 4.69) is 24.8 Å². The molecule has 5 N–H and O–H groups in total. The van der Waals surface area contributed by atoms with E-state index in [0.717, 1.165) is 33.6 Å². The summed E-state index contributed by atoms with van der Waals surface area (Å²) in [4.78, 5) is 45.5. The maximum absolute atomic E-state index is 12.8.